The van der Waals surface area contributed by atoms with Crippen LogP contribution in [0.15, 0.2) is 53.3 Å². The van der Waals surface area contributed by atoms with Crippen LogP contribution in [0.3, 0.4) is 0 Å². The number of alkyl halides is 3. The van der Waals surface area contributed by atoms with Crippen LogP contribution in [0.4, 0.5) is 13.2 Å². The third kappa shape index (κ3) is 3.92. The molecule has 1 heterocycles. The molecule has 0 radical (unpaired) electrons. The van der Waals surface area contributed by atoms with Gasteiger partial charge in [0.05, 0.1) is 17.0 Å². The molecule has 3 aromatic rings. The number of aromatic nitrogens is 3. The highest BCUT2D eigenvalue weighted by molar-refractivity contribution is 5.79. The van der Waals surface area contributed by atoms with Crippen LogP contribution < -0.4 is 5.56 Å². The third-order valence-electron chi connectivity index (χ3n) is 5.26. The first-order valence-corrected chi connectivity index (χ1v) is 9.56. The number of carbonyl (C=O) groups excluding carboxylic acids is 1. The molecule has 2 aromatic carbocycles. The van der Waals surface area contributed by atoms with Gasteiger partial charge in [-0.3, -0.25) is 9.59 Å². The molecule has 1 atom stereocenters. The second-order valence-corrected chi connectivity index (χ2v) is 7.40. The molecule has 156 valence electrons. The third-order valence-corrected chi connectivity index (χ3v) is 5.26. The van der Waals surface area contributed by atoms with Gasteiger partial charge in [0.1, 0.15) is 12.1 Å². The summed E-state index contributed by atoms with van der Waals surface area (Å²) in [4.78, 5) is 27.2. The molecule has 1 aromatic heterocycles. The predicted octanol–water partition coefficient (Wildman–Crippen LogP) is 3.56. The Balaban J connectivity index is 1.62. The van der Waals surface area contributed by atoms with E-state index in [0.29, 0.717) is 16.5 Å². The first kappa shape index (κ1) is 20.1. The molecule has 0 bridgehead atoms. The Morgan fingerprint density at radius 3 is 2.63 bits per heavy atom. The van der Waals surface area contributed by atoms with Gasteiger partial charge in [0.25, 0.3) is 5.56 Å². The highest BCUT2D eigenvalue weighted by Crippen LogP contribution is 2.36. The van der Waals surface area contributed by atoms with Gasteiger partial charge >= 0.3 is 6.18 Å². The molecular formula is C21H19F3N4O2. The number of hydrogen-bond acceptors (Lipinski definition) is 4. The molecule has 0 spiro atoms. The number of benzene rings is 2. The summed E-state index contributed by atoms with van der Waals surface area (Å²) in [6.07, 6.45) is -2.92. The van der Waals surface area contributed by atoms with Crippen molar-refractivity contribution in [2.45, 2.75) is 44.6 Å². The summed E-state index contributed by atoms with van der Waals surface area (Å²) in [6.45, 7) is 1.37. The van der Waals surface area contributed by atoms with Gasteiger partial charge in [-0.25, -0.2) is 4.68 Å². The van der Waals surface area contributed by atoms with E-state index >= 15 is 0 Å². The Labute approximate surface area is 169 Å². The van der Waals surface area contributed by atoms with Gasteiger partial charge in [0.2, 0.25) is 5.91 Å². The van der Waals surface area contributed by atoms with Crippen LogP contribution in [0.1, 0.15) is 36.9 Å². The zero-order chi connectivity index (χ0) is 21.5. The number of carbonyl (C=O) groups is 1. The van der Waals surface area contributed by atoms with Crippen molar-refractivity contribution >= 4 is 16.8 Å². The van der Waals surface area contributed by atoms with Crippen LogP contribution in [-0.2, 0) is 17.5 Å². The number of fused-ring (bicyclic) bond motifs is 1. The molecule has 6 nitrogen and oxygen atoms in total. The van der Waals surface area contributed by atoms with E-state index in [1.54, 1.807) is 42.2 Å². The number of rotatable bonds is 5. The fourth-order valence-electron chi connectivity index (χ4n) is 3.56. The quantitative estimate of drug-likeness (QED) is 0.638. The zero-order valence-electron chi connectivity index (χ0n) is 16.1. The topological polar surface area (TPSA) is 68.1 Å². The van der Waals surface area contributed by atoms with Crippen LogP contribution in [0.5, 0.6) is 0 Å². The van der Waals surface area contributed by atoms with Crippen molar-refractivity contribution in [1.82, 2.24) is 19.9 Å². The predicted molar refractivity (Wildman–Crippen MR) is 104 cm³/mol. The average molecular weight is 416 g/mol. The van der Waals surface area contributed by atoms with Crippen molar-refractivity contribution in [2.24, 2.45) is 0 Å². The summed E-state index contributed by atoms with van der Waals surface area (Å²) >= 11 is 0. The van der Waals surface area contributed by atoms with Crippen molar-refractivity contribution in [3.05, 3.63) is 70.0 Å². The molecule has 1 aliphatic carbocycles. The zero-order valence-corrected chi connectivity index (χ0v) is 16.1. The summed E-state index contributed by atoms with van der Waals surface area (Å²) in [7, 11) is 0. The molecule has 0 N–H and O–H groups in total. The summed E-state index contributed by atoms with van der Waals surface area (Å²) in [5, 5.41) is 8.17. The van der Waals surface area contributed by atoms with E-state index in [-0.39, 0.29) is 18.5 Å². The molecule has 1 amide bonds. The van der Waals surface area contributed by atoms with Crippen LogP contribution in [-0.4, -0.2) is 31.8 Å². The molecule has 1 fully saturated rings. The Hall–Kier alpha value is -3.23. The van der Waals surface area contributed by atoms with Gasteiger partial charge in [-0.1, -0.05) is 29.5 Å². The molecule has 0 saturated heterocycles. The number of hydrogen-bond donors (Lipinski definition) is 0. The van der Waals surface area contributed by atoms with Crippen LogP contribution in [0.2, 0.25) is 0 Å². The molecule has 1 saturated carbocycles. The van der Waals surface area contributed by atoms with E-state index in [4.69, 9.17) is 0 Å². The van der Waals surface area contributed by atoms with Crippen LogP contribution in [0, 0.1) is 0 Å². The van der Waals surface area contributed by atoms with E-state index in [1.807, 2.05) is 0 Å². The van der Waals surface area contributed by atoms with E-state index in [1.165, 1.54) is 6.07 Å². The smallest absolute Gasteiger partial charge is 0.331 e. The van der Waals surface area contributed by atoms with Crippen molar-refractivity contribution in [2.75, 3.05) is 0 Å². The van der Waals surface area contributed by atoms with E-state index < -0.39 is 23.3 Å². The molecule has 1 unspecified atom stereocenters. The van der Waals surface area contributed by atoms with Gasteiger partial charge in [0, 0.05) is 6.04 Å². The largest absolute Gasteiger partial charge is 0.416 e. The minimum Gasteiger partial charge on any atom is -0.331 e. The van der Waals surface area contributed by atoms with E-state index in [0.717, 1.165) is 29.7 Å². The summed E-state index contributed by atoms with van der Waals surface area (Å²) in [6, 6.07) is 11.0. The first-order chi connectivity index (χ1) is 14.3. The lowest BCUT2D eigenvalue weighted by Gasteiger charge is -2.30. The maximum atomic E-state index is 13.1. The van der Waals surface area contributed by atoms with Gasteiger partial charge in [-0.15, -0.1) is 5.10 Å². The Morgan fingerprint density at radius 2 is 1.93 bits per heavy atom. The molecule has 30 heavy (non-hydrogen) atoms. The first-order valence-electron chi connectivity index (χ1n) is 9.56. The van der Waals surface area contributed by atoms with E-state index in [9.17, 15) is 22.8 Å². The van der Waals surface area contributed by atoms with Gasteiger partial charge in [-0.2, -0.15) is 13.2 Å². The maximum absolute atomic E-state index is 13.1. The lowest BCUT2D eigenvalue weighted by Crippen LogP contribution is -2.40. The van der Waals surface area contributed by atoms with Crippen LogP contribution >= 0.6 is 0 Å². The minimum absolute atomic E-state index is 0.0637. The Morgan fingerprint density at radius 1 is 1.20 bits per heavy atom. The van der Waals surface area contributed by atoms with Gasteiger partial charge < -0.3 is 4.90 Å². The minimum atomic E-state index is -4.46. The standard InChI is InChI=1S/C21H19F3N4O2/c1-13(14-5-4-6-15(11-14)21(22,23)24)28(16-9-10-16)19(29)12-27-20(30)17-7-2-3-8-18(17)25-26-27/h2-8,11,13,16H,9-10,12H2,1H3. The van der Waals surface area contributed by atoms with Crippen molar-refractivity contribution in [3.8, 4) is 0 Å². The summed E-state index contributed by atoms with van der Waals surface area (Å²) < 4.78 is 40.3. The second-order valence-electron chi connectivity index (χ2n) is 7.40. The number of nitrogens with zero attached hydrogens (tertiary/aromatic N) is 4. The fraction of sp³-hybridized carbons (Fsp3) is 0.333. The molecular weight excluding hydrogens is 397 g/mol. The fourth-order valence-corrected chi connectivity index (χ4v) is 3.56. The Bertz CT molecular complexity index is 1150. The van der Waals surface area contributed by atoms with Crippen molar-refractivity contribution in [1.29, 1.82) is 0 Å². The molecule has 0 aliphatic heterocycles. The SMILES string of the molecule is CC(c1cccc(C(F)(F)F)c1)N(C(=O)Cn1nnc2ccccc2c1=O)C1CC1. The van der Waals surface area contributed by atoms with E-state index in [2.05, 4.69) is 10.3 Å². The highest BCUT2D eigenvalue weighted by atomic mass is 19.4. The highest BCUT2D eigenvalue weighted by Gasteiger charge is 2.37. The summed E-state index contributed by atoms with van der Waals surface area (Å²) in [5.41, 5.74) is -0.368. The molecule has 1 aliphatic rings. The van der Waals surface area contributed by atoms with Gasteiger partial charge in [0.15, 0.2) is 0 Å². The number of halogens is 3. The summed E-state index contributed by atoms with van der Waals surface area (Å²) in [5.74, 6) is -0.380. The number of amides is 1. The van der Waals surface area contributed by atoms with Crippen molar-refractivity contribution < 1.29 is 18.0 Å². The average Bonchev–Trinajstić information content (AvgIpc) is 3.55. The lowest BCUT2D eigenvalue weighted by molar-refractivity contribution is -0.137. The monoisotopic (exact) mass is 416 g/mol. The molecule has 4 rings (SSSR count). The van der Waals surface area contributed by atoms with Crippen molar-refractivity contribution in [3.63, 3.8) is 0 Å². The normalized spacial score (nSPS) is 15.2. The van der Waals surface area contributed by atoms with Gasteiger partial charge in [-0.05, 0) is 49.6 Å². The lowest BCUT2D eigenvalue weighted by atomic mass is 10.0. The Kier molecular flexibility index (Phi) is 5.05. The maximum Gasteiger partial charge on any atom is 0.416 e. The van der Waals surface area contributed by atoms with Crippen LogP contribution in [0.25, 0.3) is 10.9 Å². The second kappa shape index (κ2) is 7.55. The molecule has 9 heteroatoms.